The van der Waals surface area contributed by atoms with E-state index in [0.29, 0.717) is 0 Å². The molecule has 0 radical (unpaired) electrons. The summed E-state index contributed by atoms with van der Waals surface area (Å²) in [5.74, 6) is 3.74. The highest BCUT2D eigenvalue weighted by molar-refractivity contribution is 7.99. The summed E-state index contributed by atoms with van der Waals surface area (Å²) in [6.45, 7) is 6.53. The van der Waals surface area contributed by atoms with Crippen molar-refractivity contribution in [3.63, 3.8) is 0 Å². The molecule has 3 heteroatoms. The van der Waals surface area contributed by atoms with Gasteiger partial charge in [0.15, 0.2) is 0 Å². The Morgan fingerprint density at radius 2 is 1.81 bits per heavy atom. The number of nitrogens with zero attached hydrogens (tertiary/aromatic N) is 1. The summed E-state index contributed by atoms with van der Waals surface area (Å²) in [4.78, 5) is 2.65. The highest BCUT2D eigenvalue weighted by Crippen LogP contribution is 2.18. The van der Waals surface area contributed by atoms with Crippen molar-refractivity contribution in [2.75, 3.05) is 44.2 Å². The highest BCUT2D eigenvalue weighted by atomic mass is 32.2. The summed E-state index contributed by atoms with van der Waals surface area (Å²) in [6, 6.07) is 0. The molecular formula is C13H26N2S. The molecular weight excluding hydrogens is 216 g/mol. The molecule has 2 heterocycles. The van der Waals surface area contributed by atoms with Crippen LogP contribution < -0.4 is 5.32 Å². The van der Waals surface area contributed by atoms with Crippen LogP contribution in [0.15, 0.2) is 0 Å². The Labute approximate surface area is 105 Å². The van der Waals surface area contributed by atoms with Crippen molar-refractivity contribution < 1.29 is 0 Å². The average Bonchev–Trinajstić information content (AvgIpc) is 2.37. The molecule has 2 aliphatic rings. The topological polar surface area (TPSA) is 15.3 Å². The maximum absolute atomic E-state index is 3.44. The highest BCUT2D eigenvalue weighted by Gasteiger charge is 2.13. The van der Waals surface area contributed by atoms with E-state index in [1.807, 2.05) is 0 Å². The molecule has 0 saturated carbocycles. The molecule has 2 nitrogen and oxygen atoms in total. The van der Waals surface area contributed by atoms with Crippen molar-refractivity contribution in [2.24, 2.45) is 5.92 Å². The lowest BCUT2D eigenvalue weighted by molar-refractivity contribution is 0.242. The Hall–Kier alpha value is 0.270. The molecule has 0 aromatic heterocycles. The third kappa shape index (κ3) is 4.64. The van der Waals surface area contributed by atoms with E-state index in [0.717, 1.165) is 5.92 Å². The van der Waals surface area contributed by atoms with Crippen LogP contribution in [0.3, 0.4) is 0 Å². The van der Waals surface area contributed by atoms with Gasteiger partial charge in [-0.05, 0) is 63.5 Å². The maximum atomic E-state index is 3.44. The summed E-state index contributed by atoms with van der Waals surface area (Å²) in [7, 11) is 0. The number of nitrogens with one attached hydrogen (secondary N) is 1. The van der Waals surface area contributed by atoms with Gasteiger partial charge in [-0.2, -0.15) is 11.8 Å². The fourth-order valence-corrected chi connectivity index (χ4v) is 3.90. The van der Waals surface area contributed by atoms with E-state index in [9.17, 15) is 0 Å². The van der Waals surface area contributed by atoms with Crippen LogP contribution in [0.4, 0.5) is 0 Å². The average molecular weight is 242 g/mol. The van der Waals surface area contributed by atoms with E-state index in [2.05, 4.69) is 22.0 Å². The number of rotatable bonds is 5. The molecule has 0 bridgehead atoms. The quantitative estimate of drug-likeness (QED) is 0.744. The summed E-state index contributed by atoms with van der Waals surface area (Å²) in [5, 5.41) is 3.44. The SMILES string of the molecule is C1CCN(CCSCC2CCNCC2)CC1. The molecule has 0 atom stereocenters. The van der Waals surface area contributed by atoms with Gasteiger partial charge in [-0.3, -0.25) is 0 Å². The molecule has 1 N–H and O–H groups in total. The van der Waals surface area contributed by atoms with E-state index in [1.54, 1.807) is 0 Å². The van der Waals surface area contributed by atoms with Crippen molar-refractivity contribution in [1.29, 1.82) is 0 Å². The normalized spacial score (nSPS) is 24.8. The van der Waals surface area contributed by atoms with E-state index < -0.39 is 0 Å². The second-order valence-corrected chi connectivity index (χ2v) is 6.32. The van der Waals surface area contributed by atoms with Gasteiger partial charge in [-0.15, -0.1) is 0 Å². The summed E-state index contributed by atoms with van der Waals surface area (Å²) >= 11 is 2.18. The van der Waals surface area contributed by atoms with Crippen LogP contribution in [0.2, 0.25) is 0 Å². The van der Waals surface area contributed by atoms with Gasteiger partial charge in [0, 0.05) is 12.3 Å². The van der Waals surface area contributed by atoms with Crippen molar-refractivity contribution in [3.05, 3.63) is 0 Å². The monoisotopic (exact) mass is 242 g/mol. The van der Waals surface area contributed by atoms with Crippen LogP contribution in [-0.2, 0) is 0 Å². The Balaban J connectivity index is 1.47. The molecule has 0 aromatic carbocycles. The minimum Gasteiger partial charge on any atom is -0.317 e. The van der Waals surface area contributed by atoms with Gasteiger partial charge in [-0.25, -0.2) is 0 Å². The fraction of sp³-hybridized carbons (Fsp3) is 1.00. The van der Waals surface area contributed by atoms with Crippen LogP contribution in [0.25, 0.3) is 0 Å². The third-order valence-electron chi connectivity index (χ3n) is 3.81. The van der Waals surface area contributed by atoms with Crippen molar-refractivity contribution in [2.45, 2.75) is 32.1 Å². The molecule has 0 unspecified atom stereocenters. The Bertz CT molecular complexity index is 155. The van der Waals surface area contributed by atoms with E-state index >= 15 is 0 Å². The Morgan fingerprint density at radius 3 is 2.56 bits per heavy atom. The molecule has 2 fully saturated rings. The third-order valence-corrected chi connectivity index (χ3v) is 4.99. The summed E-state index contributed by atoms with van der Waals surface area (Å²) in [5.41, 5.74) is 0. The first-order valence-electron chi connectivity index (χ1n) is 6.96. The van der Waals surface area contributed by atoms with Gasteiger partial charge in [0.1, 0.15) is 0 Å². The summed E-state index contributed by atoms with van der Waals surface area (Å²) in [6.07, 6.45) is 7.12. The molecule has 0 aliphatic carbocycles. The Kier molecular flexibility index (Phi) is 6.02. The molecule has 2 saturated heterocycles. The van der Waals surface area contributed by atoms with Gasteiger partial charge < -0.3 is 10.2 Å². The molecule has 2 rings (SSSR count). The number of piperidine rings is 2. The molecule has 16 heavy (non-hydrogen) atoms. The van der Waals surface area contributed by atoms with Gasteiger partial charge in [0.05, 0.1) is 0 Å². The number of likely N-dealkylation sites (tertiary alicyclic amines) is 1. The van der Waals surface area contributed by atoms with Crippen LogP contribution in [0.1, 0.15) is 32.1 Å². The molecule has 0 aromatic rings. The lowest BCUT2D eigenvalue weighted by Gasteiger charge is -2.27. The minimum absolute atomic E-state index is 0.993. The second-order valence-electron chi connectivity index (χ2n) is 5.17. The van der Waals surface area contributed by atoms with Gasteiger partial charge in [0.2, 0.25) is 0 Å². The van der Waals surface area contributed by atoms with Gasteiger partial charge in [-0.1, -0.05) is 6.42 Å². The summed E-state index contributed by atoms with van der Waals surface area (Å²) < 4.78 is 0. The predicted octanol–water partition coefficient (Wildman–Crippen LogP) is 2.21. The van der Waals surface area contributed by atoms with Crippen LogP contribution in [0.5, 0.6) is 0 Å². The zero-order valence-corrected chi connectivity index (χ0v) is 11.2. The van der Waals surface area contributed by atoms with E-state index in [-0.39, 0.29) is 0 Å². The minimum atomic E-state index is 0.993. The van der Waals surface area contributed by atoms with Crippen LogP contribution in [0, 0.1) is 5.92 Å². The first kappa shape index (κ1) is 12.7. The fourth-order valence-electron chi connectivity index (χ4n) is 2.68. The Morgan fingerprint density at radius 1 is 1.06 bits per heavy atom. The van der Waals surface area contributed by atoms with Crippen LogP contribution in [-0.4, -0.2) is 49.1 Å². The maximum Gasteiger partial charge on any atom is 0.00723 e. The lowest BCUT2D eigenvalue weighted by Crippen LogP contribution is -2.32. The molecule has 0 amide bonds. The van der Waals surface area contributed by atoms with Crippen LogP contribution >= 0.6 is 11.8 Å². The van der Waals surface area contributed by atoms with Gasteiger partial charge >= 0.3 is 0 Å². The molecule has 94 valence electrons. The van der Waals surface area contributed by atoms with Crippen molar-refractivity contribution in [3.8, 4) is 0 Å². The number of hydrogen-bond acceptors (Lipinski definition) is 3. The lowest BCUT2D eigenvalue weighted by atomic mass is 10.0. The molecule has 2 aliphatic heterocycles. The number of thioether (sulfide) groups is 1. The first-order chi connectivity index (χ1) is 7.95. The van der Waals surface area contributed by atoms with E-state index in [1.165, 1.54) is 76.3 Å². The number of hydrogen-bond donors (Lipinski definition) is 1. The zero-order chi connectivity index (χ0) is 11.1. The second kappa shape index (κ2) is 7.57. The standard InChI is InChI=1S/C13H26N2S/c1-2-8-15(9-3-1)10-11-16-12-13-4-6-14-7-5-13/h13-14H,1-12H2. The largest absolute Gasteiger partial charge is 0.317 e. The van der Waals surface area contributed by atoms with Crippen molar-refractivity contribution >= 4 is 11.8 Å². The van der Waals surface area contributed by atoms with Gasteiger partial charge in [0.25, 0.3) is 0 Å². The predicted molar refractivity (Wildman–Crippen MR) is 73.2 cm³/mol. The van der Waals surface area contributed by atoms with Crippen molar-refractivity contribution in [1.82, 2.24) is 10.2 Å². The zero-order valence-electron chi connectivity index (χ0n) is 10.4. The molecule has 0 spiro atoms. The van der Waals surface area contributed by atoms with E-state index in [4.69, 9.17) is 0 Å². The first-order valence-corrected chi connectivity index (χ1v) is 8.11. The smallest absolute Gasteiger partial charge is 0.00723 e.